The van der Waals surface area contributed by atoms with Gasteiger partial charge in [-0.2, -0.15) is 16.9 Å². The molecule has 0 saturated carbocycles. The zero-order chi connectivity index (χ0) is 11.0. The van der Waals surface area contributed by atoms with E-state index in [0.29, 0.717) is 5.15 Å². The standard InChI is InChI=1S/C11H12ClN3S/c12-11-9-7-8(1-2-10(9)13-14-11)15-3-5-16-6-4-15/h1-2,7H,3-6H2,(H,13,14). The van der Waals surface area contributed by atoms with E-state index in [-0.39, 0.29) is 0 Å². The van der Waals surface area contributed by atoms with Crippen LogP contribution in [0.3, 0.4) is 0 Å². The van der Waals surface area contributed by atoms with Crippen LogP contribution in [0.1, 0.15) is 0 Å². The first kappa shape index (κ1) is 10.3. The third-order valence-corrected chi connectivity index (χ3v) is 4.10. The number of nitrogens with zero attached hydrogens (tertiary/aromatic N) is 2. The highest BCUT2D eigenvalue weighted by Crippen LogP contribution is 2.27. The fraction of sp³-hybridized carbons (Fsp3) is 0.364. The summed E-state index contributed by atoms with van der Waals surface area (Å²) in [6.07, 6.45) is 0. The molecule has 0 bridgehead atoms. The Bertz CT molecular complexity index is 505. The average Bonchev–Trinajstić information content (AvgIpc) is 2.72. The van der Waals surface area contributed by atoms with E-state index < -0.39 is 0 Å². The maximum Gasteiger partial charge on any atom is 0.132 e. The summed E-state index contributed by atoms with van der Waals surface area (Å²) in [4.78, 5) is 2.40. The van der Waals surface area contributed by atoms with E-state index in [0.717, 1.165) is 24.0 Å². The van der Waals surface area contributed by atoms with Crippen LogP contribution in [-0.4, -0.2) is 34.8 Å². The van der Waals surface area contributed by atoms with Crippen molar-refractivity contribution in [2.75, 3.05) is 29.5 Å². The highest BCUT2D eigenvalue weighted by atomic mass is 35.5. The quantitative estimate of drug-likeness (QED) is 0.848. The summed E-state index contributed by atoms with van der Waals surface area (Å²) in [6, 6.07) is 6.27. The molecule has 1 aliphatic heterocycles. The topological polar surface area (TPSA) is 31.9 Å². The molecule has 1 aliphatic rings. The number of fused-ring (bicyclic) bond motifs is 1. The van der Waals surface area contributed by atoms with Crippen molar-refractivity contribution < 1.29 is 0 Å². The molecular formula is C11H12ClN3S. The van der Waals surface area contributed by atoms with Crippen molar-refractivity contribution in [2.24, 2.45) is 0 Å². The first-order valence-electron chi connectivity index (χ1n) is 5.31. The van der Waals surface area contributed by atoms with Crippen LogP contribution >= 0.6 is 23.4 Å². The first-order chi connectivity index (χ1) is 7.84. The van der Waals surface area contributed by atoms with Gasteiger partial charge in [-0.15, -0.1) is 0 Å². The summed E-state index contributed by atoms with van der Waals surface area (Å²) in [7, 11) is 0. The summed E-state index contributed by atoms with van der Waals surface area (Å²) in [5.41, 5.74) is 2.18. The van der Waals surface area contributed by atoms with Crippen molar-refractivity contribution in [3.8, 4) is 0 Å². The number of nitrogens with one attached hydrogen (secondary N) is 1. The van der Waals surface area contributed by atoms with E-state index >= 15 is 0 Å². The van der Waals surface area contributed by atoms with Crippen molar-refractivity contribution in [3.63, 3.8) is 0 Å². The minimum Gasteiger partial charge on any atom is -0.370 e. The molecule has 2 aromatic rings. The summed E-state index contributed by atoms with van der Waals surface area (Å²) < 4.78 is 0. The summed E-state index contributed by atoms with van der Waals surface area (Å²) in [5.74, 6) is 2.41. The second-order valence-electron chi connectivity index (χ2n) is 3.84. The van der Waals surface area contributed by atoms with Gasteiger partial charge >= 0.3 is 0 Å². The number of halogens is 1. The van der Waals surface area contributed by atoms with Crippen molar-refractivity contribution in [2.45, 2.75) is 0 Å². The molecule has 3 rings (SSSR count). The predicted molar refractivity (Wildman–Crippen MR) is 70.6 cm³/mol. The second kappa shape index (κ2) is 4.18. The SMILES string of the molecule is Clc1[nH]nc2ccc(N3CCSCC3)cc12. The molecule has 1 fully saturated rings. The van der Waals surface area contributed by atoms with E-state index in [4.69, 9.17) is 11.6 Å². The van der Waals surface area contributed by atoms with Crippen molar-refractivity contribution in [3.05, 3.63) is 23.4 Å². The Morgan fingerprint density at radius 1 is 1.31 bits per heavy atom. The molecule has 1 aromatic heterocycles. The number of aromatic amines is 1. The highest BCUT2D eigenvalue weighted by Gasteiger charge is 2.12. The molecule has 2 heterocycles. The maximum absolute atomic E-state index is 6.04. The molecule has 0 amide bonds. The smallest absolute Gasteiger partial charge is 0.132 e. The van der Waals surface area contributed by atoms with Crippen LogP contribution in [-0.2, 0) is 0 Å². The molecule has 5 heteroatoms. The van der Waals surface area contributed by atoms with Gasteiger partial charge in [0.1, 0.15) is 5.15 Å². The number of hydrogen-bond acceptors (Lipinski definition) is 3. The van der Waals surface area contributed by atoms with E-state index in [1.54, 1.807) is 0 Å². The number of H-pyrrole nitrogens is 1. The lowest BCUT2D eigenvalue weighted by Gasteiger charge is -2.28. The highest BCUT2D eigenvalue weighted by molar-refractivity contribution is 7.99. The van der Waals surface area contributed by atoms with Gasteiger partial charge in [-0.1, -0.05) is 11.6 Å². The normalized spacial score (nSPS) is 16.9. The largest absolute Gasteiger partial charge is 0.370 e. The minimum atomic E-state index is 0.628. The van der Waals surface area contributed by atoms with E-state index in [1.807, 2.05) is 17.8 Å². The molecule has 1 N–H and O–H groups in total. The van der Waals surface area contributed by atoms with Gasteiger partial charge in [-0.25, -0.2) is 0 Å². The Morgan fingerprint density at radius 3 is 2.94 bits per heavy atom. The Balaban J connectivity index is 1.99. The third kappa shape index (κ3) is 1.76. The zero-order valence-electron chi connectivity index (χ0n) is 8.74. The van der Waals surface area contributed by atoms with Crippen molar-refractivity contribution in [1.82, 2.24) is 10.2 Å². The Kier molecular flexibility index (Phi) is 2.69. The Labute approximate surface area is 103 Å². The number of rotatable bonds is 1. The van der Waals surface area contributed by atoms with Gasteiger partial charge in [-0.3, -0.25) is 5.10 Å². The maximum atomic E-state index is 6.04. The minimum absolute atomic E-state index is 0.628. The van der Waals surface area contributed by atoms with Crippen LogP contribution < -0.4 is 4.90 Å². The fourth-order valence-electron chi connectivity index (χ4n) is 1.99. The number of benzene rings is 1. The van der Waals surface area contributed by atoms with Gasteiger partial charge in [0.25, 0.3) is 0 Å². The molecule has 16 heavy (non-hydrogen) atoms. The monoisotopic (exact) mass is 253 g/mol. The Hall–Kier alpha value is -0.870. The van der Waals surface area contributed by atoms with Crippen molar-refractivity contribution >= 4 is 40.0 Å². The van der Waals surface area contributed by atoms with Gasteiger partial charge < -0.3 is 4.90 Å². The van der Waals surface area contributed by atoms with E-state index in [9.17, 15) is 0 Å². The second-order valence-corrected chi connectivity index (χ2v) is 5.44. The molecule has 1 aromatic carbocycles. The van der Waals surface area contributed by atoms with Crippen LogP contribution in [0.2, 0.25) is 5.15 Å². The number of hydrogen-bond donors (Lipinski definition) is 1. The lowest BCUT2D eigenvalue weighted by molar-refractivity contribution is 0.860. The summed E-state index contributed by atoms with van der Waals surface area (Å²) >= 11 is 8.06. The molecular weight excluding hydrogens is 242 g/mol. The molecule has 0 spiro atoms. The predicted octanol–water partition coefficient (Wildman–Crippen LogP) is 2.77. The average molecular weight is 254 g/mol. The summed E-state index contributed by atoms with van der Waals surface area (Å²) in [6.45, 7) is 2.23. The molecule has 0 unspecified atom stereocenters. The van der Waals surface area contributed by atoms with Gasteiger partial charge in [0.05, 0.1) is 5.52 Å². The van der Waals surface area contributed by atoms with E-state index in [2.05, 4.69) is 27.2 Å². The van der Waals surface area contributed by atoms with Crippen LogP contribution in [0.4, 0.5) is 5.69 Å². The molecule has 3 nitrogen and oxygen atoms in total. The van der Waals surface area contributed by atoms with Crippen LogP contribution in [0, 0.1) is 0 Å². The lowest BCUT2D eigenvalue weighted by atomic mass is 10.2. The van der Waals surface area contributed by atoms with Gasteiger partial charge in [0.2, 0.25) is 0 Å². The zero-order valence-corrected chi connectivity index (χ0v) is 10.3. The molecule has 84 valence electrons. The first-order valence-corrected chi connectivity index (χ1v) is 6.84. The molecule has 1 saturated heterocycles. The summed E-state index contributed by atoms with van der Waals surface area (Å²) in [5, 5.41) is 8.56. The fourth-order valence-corrected chi connectivity index (χ4v) is 3.08. The van der Waals surface area contributed by atoms with Gasteiger partial charge in [0.15, 0.2) is 0 Å². The number of anilines is 1. The van der Waals surface area contributed by atoms with Crippen molar-refractivity contribution in [1.29, 1.82) is 0 Å². The molecule has 0 atom stereocenters. The van der Waals surface area contributed by atoms with Crippen LogP contribution in [0.5, 0.6) is 0 Å². The van der Waals surface area contributed by atoms with Gasteiger partial charge in [0, 0.05) is 35.7 Å². The Morgan fingerprint density at radius 2 is 2.12 bits per heavy atom. The van der Waals surface area contributed by atoms with Crippen LogP contribution in [0.15, 0.2) is 18.2 Å². The lowest BCUT2D eigenvalue weighted by Crippen LogP contribution is -2.32. The number of thioether (sulfide) groups is 1. The molecule has 0 aliphatic carbocycles. The molecule has 0 radical (unpaired) electrons. The van der Waals surface area contributed by atoms with Crippen LogP contribution in [0.25, 0.3) is 10.9 Å². The van der Waals surface area contributed by atoms with E-state index in [1.165, 1.54) is 17.2 Å². The number of aromatic nitrogens is 2. The third-order valence-electron chi connectivity index (χ3n) is 2.87. The van der Waals surface area contributed by atoms with Gasteiger partial charge in [-0.05, 0) is 18.2 Å².